The average Bonchev–Trinajstić information content (AvgIpc) is 3.23. The summed E-state index contributed by atoms with van der Waals surface area (Å²) in [6.07, 6.45) is 0. The molecule has 6 nitrogen and oxygen atoms in total. The molecule has 0 aliphatic heterocycles. The molecule has 0 spiro atoms. The van der Waals surface area contributed by atoms with Gasteiger partial charge in [-0.3, -0.25) is 14.5 Å². The lowest BCUT2D eigenvalue weighted by atomic mass is 10.1. The van der Waals surface area contributed by atoms with Gasteiger partial charge in [0.05, 0.1) is 10.4 Å². The minimum Gasteiger partial charge on any atom is -0.478 e. The molecule has 7 heteroatoms. The lowest BCUT2D eigenvalue weighted by Crippen LogP contribution is -2.38. The van der Waals surface area contributed by atoms with E-state index in [1.165, 1.54) is 40.5 Å². The van der Waals surface area contributed by atoms with Crippen LogP contribution in [0.3, 0.4) is 0 Å². The lowest BCUT2D eigenvalue weighted by molar-refractivity contribution is -0.114. The van der Waals surface area contributed by atoms with E-state index in [1.54, 1.807) is 12.1 Å². The van der Waals surface area contributed by atoms with Gasteiger partial charge in [-0.25, -0.2) is 4.79 Å². The fourth-order valence-corrected chi connectivity index (χ4v) is 3.42. The van der Waals surface area contributed by atoms with E-state index in [0.717, 1.165) is 11.1 Å². The summed E-state index contributed by atoms with van der Waals surface area (Å²) in [7, 11) is 0. The van der Waals surface area contributed by atoms with Gasteiger partial charge in [0.2, 0.25) is 5.91 Å². The second kappa shape index (κ2) is 8.70. The molecule has 1 heterocycles. The second-order valence-electron chi connectivity index (χ2n) is 6.57. The Balaban J connectivity index is 1.82. The number of nitrogens with zero attached hydrogens (tertiary/aromatic N) is 1. The first-order chi connectivity index (χ1) is 13.8. The molecule has 0 bridgehead atoms. The highest BCUT2D eigenvalue weighted by Crippen LogP contribution is 2.23. The predicted molar refractivity (Wildman–Crippen MR) is 114 cm³/mol. The summed E-state index contributed by atoms with van der Waals surface area (Å²) in [6.45, 7) is 3.77. The fraction of sp³-hybridized carbons (Fsp3) is 0.136. The molecule has 0 aliphatic rings. The molecule has 2 aromatic carbocycles. The molecule has 29 heavy (non-hydrogen) atoms. The van der Waals surface area contributed by atoms with Gasteiger partial charge in [0, 0.05) is 11.4 Å². The summed E-state index contributed by atoms with van der Waals surface area (Å²) in [4.78, 5) is 38.6. The Hall–Kier alpha value is -3.45. The zero-order chi connectivity index (χ0) is 21.0. The van der Waals surface area contributed by atoms with Gasteiger partial charge < -0.3 is 10.4 Å². The van der Waals surface area contributed by atoms with Crippen LogP contribution in [0.5, 0.6) is 0 Å². The number of hydrogen-bond donors (Lipinski definition) is 2. The third-order valence-corrected chi connectivity index (χ3v) is 5.35. The van der Waals surface area contributed by atoms with Crippen LogP contribution in [0, 0.1) is 13.8 Å². The third kappa shape index (κ3) is 4.89. The maximum absolute atomic E-state index is 13.0. The molecule has 2 N–H and O–H groups in total. The highest BCUT2D eigenvalue weighted by Gasteiger charge is 2.22. The van der Waals surface area contributed by atoms with Gasteiger partial charge in [-0.05, 0) is 72.8 Å². The van der Waals surface area contributed by atoms with E-state index >= 15 is 0 Å². The number of anilines is 2. The number of benzene rings is 2. The van der Waals surface area contributed by atoms with Gasteiger partial charge in [0.15, 0.2) is 0 Å². The van der Waals surface area contributed by atoms with Crippen LogP contribution >= 0.6 is 11.3 Å². The summed E-state index contributed by atoms with van der Waals surface area (Å²) < 4.78 is 0. The molecule has 3 aromatic rings. The lowest BCUT2D eigenvalue weighted by Gasteiger charge is -2.23. The highest BCUT2D eigenvalue weighted by molar-refractivity contribution is 7.12. The van der Waals surface area contributed by atoms with Crippen LogP contribution in [0.2, 0.25) is 0 Å². The van der Waals surface area contributed by atoms with Crippen LogP contribution in [0.25, 0.3) is 0 Å². The van der Waals surface area contributed by atoms with Gasteiger partial charge >= 0.3 is 5.97 Å². The number of aromatic carboxylic acids is 1. The number of carboxylic acid groups (broad SMARTS) is 1. The number of carboxylic acids is 1. The first kappa shape index (κ1) is 20.3. The normalized spacial score (nSPS) is 10.4. The van der Waals surface area contributed by atoms with Crippen molar-refractivity contribution in [2.24, 2.45) is 0 Å². The molecule has 3 rings (SSSR count). The van der Waals surface area contributed by atoms with Gasteiger partial charge in [-0.2, -0.15) is 0 Å². The third-order valence-electron chi connectivity index (χ3n) is 4.50. The Labute approximate surface area is 172 Å². The Morgan fingerprint density at radius 2 is 1.72 bits per heavy atom. The van der Waals surface area contributed by atoms with E-state index in [2.05, 4.69) is 5.32 Å². The molecule has 1 aromatic heterocycles. The molecule has 0 fully saturated rings. The molecule has 0 radical (unpaired) electrons. The Bertz CT molecular complexity index is 1040. The summed E-state index contributed by atoms with van der Waals surface area (Å²) in [5, 5.41) is 13.5. The van der Waals surface area contributed by atoms with Crippen LogP contribution in [0.1, 0.15) is 31.2 Å². The minimum absolute atomic E-state index is 0.132. The van der Waals surface area contributed by atoms with Crippen LogP contribution in [-0.4, -0.2) is 29.4 Å². The van der Waals surface area contributed by atoms with Gasteiger partial charge in [-0.15, -0.1) is 11.3 Å². The first-order valence-electron chi connectivity index (χ1n) is 8.91. The molecule has 2 amide bonds. The predicted octanol–water partition coefficient (Wildman–Crippen LogP) is 4.35. The van der Waals surface area contributed by atoms with Crippen molar-refractivity contribution in [1.29, 1.82) is 0 Å². The maximum Gasteiger partial charge on any atom is 0.335 e. The highest BCUT2D eigenvalue weighted by atomic mass is 32.1. The summed E-state index contributed by atoms with van der Waals surface area (Å²) in [5.41, 5.74) is 3.36. The van der Waals surface area contributed by atoms with Gasteiger partial charge in [0.1, 0.15) is 6.54 Å². The molecule has 0 saturated heterocycles. The summed E-state index contributed by atoms with van der Waals surface area (Å²) in [6, 6.07) is 15.0. The van der Waals surface area contributed by atoms with Crippen molar-refractivity contribution in [2.45, 2.75) is 13.8 Å². The molecule has 0 unspecified atom stereocenters. The minimum atomic E-state index is -1.04. The SMILES string of the molecule is Cc1ccc(N(CC(=O)Nc2ccc(C(=O)O)cc2)C(=O)c2cccs2)cc1C. The van der Waals surface area contributed by atoms with Crippen molar-refractivity contribution in [3.8, 4) is 0 Å². The zero-order valence-corrected chi connectivity index (χ0v) is 16.8. The monoisotopic (exact) mass is 408 g/mol. The number of nitrogens with one attached hydrogen (secondary N) is 1. The van der Waals surface area contributed by atoms with E-state index in [-0.39, 0.29) is 23.9 Å². The standard InChI is InChI=1S/C22H20N2O4S/c1-14-5-10-18(12-15(14)2)24(21(26)19-4-3-11-29-19)13-20(25)23-17-8-6-16(7-9-17)22(27)28/h3-12H,13H2,1-2H3,(H,23,25)(H,27,28). The van der Waals surface area contributed by atoms with Crippen LogP contribution < -0.4 is 10.2 Å². The van der Waals surface area contributed by atoms with Crippen LogP contribution in [-0.2, 0) is 4.79 Å². The number of aryl methyl sites for hydroxylation is 2. The molecule has 148 valence electrons. The Kier molecular flexibility index (Phi) is 6.09. The Morgan fingerprint density at radius 1 is 1.00 bits per heavy atom. The van der Waals surface area contributed by atoms with Crippen molar-refractivity contribution < 1.29 is 19.5 Å². The number of carbonyl (C=O) groups is 3. The maximum atomic E-state index is 13.0. The quantitative estimate of drug-likeness (QED) is 0.635. The zero-order valence-electron chi connectivity index (χ0n) is 16.0. The van der Waals surface area contributed by atoms with Crippen molar-refractivity contribution in [2.75, 3.05) is 16.8 Å². The molecular weight excluding hydrogens is 388 g/mol. The van der Waals surface area contributed by atoms with Crippen molar-refractivity contribution in [3.63, 3.8) is 0 Å². The topological polar surface area (TPSA) is 86.7 Å². The molecule has 0 atom stereocenters. The Morgan fingerprint density at radius 3 is 2.31 bits per heavy atom. The van der Waals surface area contributed by atoms with E-state index < -0.39 is 5.97 Å². The smallest absolute Gasteiger partial charge is 0.335 e. The van der Waals surface area contributed by atoms with E-state index in [1.807, 2.05) is 37.4 Å². The van der Waals surface area contributed by atoms with Gasteiger partial charge in [0.25, 0.3) is 5.91 Å². The van der Waals surface area contributed by atoms with E-state index in [4.69, 9.17) is 5.11 Å². The second-order valence-corrected chi connectivity index (χ2v) is 7.52. The molecule has 0 aliphatic carbocycles. The van der Waals surface area contributed by atoms with Gasteiger partial charge in [-0.1, -0.05) is 12.1 Å². The number of rotatable bonds is 6. The van der Waals surface area contributed by atoms with Crippen molar-refractivity contribution >= 4 is 40.5 Å². The summed E-state index contributed by atoms with van der Waals surface area (Å²) >= 11 is 1.32. The average molecular weight is 408 g/mol. The summed E-state index contributed by atoms with van der Waals surface area (Å²) in [5.74, 6) is -1.67. The van der Waals surface area contributed by atoms with Crippen LogP contribution in [0.4, 0.5) is 11.4 Å². The van der Waals surface area contributed by atoms with E-state index in [0.29, 0.717) is 16.3 Å². The van der Waals surface area contributed by atoms with E-state index in [9.17, 15) is 14.4 Å². The number of thiophene rings is 1. The fourth-order valence-electron chi connectivity index (χ4n) is 2.75. The largest absolute Gasteiger partial charge is 0.478 e. The van der Waals surface area contributed by atoms with Crippen LogP contribution in [0.15, 0.2) is 60.0 Å². The first-order valence-corrected chi connectivity index (χ1v) is 9.79. The molecule has 0 saturated carbocycles. The van der Waals surface area contributed by atoms with Crippen molar-refractivity contribution in [3.05, 3.63) is 81.5 Å². The molecular formula is C22H20N2O4S. The number of hydrogen-bond acceptors (Lipinski definition) is 4. The van der Waals surface area contributed by atoms with Crippen molar-refractivity contribution in [1.82, 2.24) is 0 Å². The number of amides is 2. The number of carbonyl (C=O) groups excluding carboxylic acids is 2.